The van der Waals surface area contributed by atoms with Gasteiger partial charge in [0.2, 0.25) is 5.89 Å². The first-order chi connectivity index (χ1) is 12.4. The standard InChI is InChI=1S/C18H24N4O4/c1-3-4-5-15(19)17-20-16(12-26-17)18(23)21(2)11-10-13-6-8-14(9-7-13)22(24)25/h6-9,12,15H,3-5,10-11,19H2,1-2H3. The lowest BCUT2D eigenvalue weighted by Crippen LogP contribution is -2.29. The average Bonchev–Trinajstić information content (AvgIpc) is 3.14. The molecule has 0 aliphatic rings. The maximum atomic E-state index is 12.4. The molecular weight excluding hydrogens is 336 g/mol. The minimum Gasteiger partial charge on any atom is -0.446 e. The molecule has 0 aliphatic carbocycles. The zero-order valence-corrected chi connectivity index (χ0v) is 15.1. The van der Waals surface area contributed by atoms with E-state index < -0.39 is 4.92 Å². The summed E-state index contributed by atoms with van der Waals surface area (Å²) >= 11 is 0. The number of nitrogens with zero attached hydrogens (tertiary/aromatic N) is 3. The van der Waals surface area contributed by atoms with Crippen LogP contribution >= 0.6 is 0 Å². The molecule has 1 heterocycles. The molecule has 1 aromatic carbocycles. The average molecular weight is 360 g/mol. The molecule has 0 bridgehead atoms. The topological polar surface area (TPSA) is 116 Å². The fourth-order valence-electron chi connectivity index (χ4n) is 2.48. The van der Waals surface area contributed by atoms with Crippen LogP contribution < -0.4 is 5.73 Å². The number of hydrogen-bond donors (Lipinski definition) is 1. The van der Waals surface area contributed by atoms with Gasteiger partial charge >= 0.3 is 0 Å². The predicted octanol–water partition coefficient (Wildman–Crippen LogP) is 3.09. The van der Waals surface area contributed by atoms with Crippen molar-refractivity contribution < 1.29 is 14.1 Å². The smallest absolute Gasteiger partial charge is 0.275 e. The molecule has 26 heavy (non-hydrogen) atoms. The van der Waals surface area contributed by atoms with Crippen molar-refractivity contribution in [3.05, 3.63) is 57.8 Å². The van der Waals surface area contributed by atoms with Gasteiger partial charge < -0.3 is 15.1 Å². The third-order valence-corrected chi connectivity index (χ3v) is 4.16. The molecule has 0 fully saturated rings. The molecule has 1 unspecified atom stereocenters. The van der Waals surface area contributed by atoms with E-state index in [0.29, 0.717) is 18.9 Å². The molecule has 0 saturated heterocycles. The molecule has 0 aliphatic heterocycles. The molecule has 0 spiro atoms. The van der Waals surface area contributed by atoms with Crippen LogP contribution in [0.15, 0.2) is 34.9 Å². The van der Waals surface area contributed by atoms with E-state index in [-0.39, 0.29) is 23.3 Å². The van der Waals surface area contributed by atoms with Gasteiger partial charge in [0.15, 0.2) is 5.69 Å². The number of nitrogens with two attached hydrogens (primary N) is 1. The molecular formula is C18H24N4O4. The Morgan fingerprint density at radius 2 is 2.08 bits per heavy atom. The van der Waals surface area contributed by atoms with Crippen LogP contribution in [-0.4, -0.2) is 34.3 Å². The maximum absolute atomic E-state index is 12.4. The van der Waals surface area contributed by atoms with Gasteiger partial charge in [0.25, 0.3) is 11.6 Å². The summed E-state index contributed by atoms with van der Waals surface area (Å²) in [6.07, 6.45) is 4.70. The van der Waals surface area contributed by atoms with Gasteiger partial charge in [-0.1, -0.05) is 31.9 Å². The normalized spacial score (nSPS) is 12.0. The molecule has 0 saturated carbocycles. The minimum atomic E-state index is -0.438. The lowest BCUT2D eigenvalue weighted by atomic mass is 10.1. The number of carbonyl (C=O) groups is 1. The van der Waals surface area contributed by atoms with Gasteiger partial charge in [0.1, 0.15) is 6.26 Å². The second-order valence-electron chi connectivity index (χ2n) is 6.22. The number of hydrogen-bond acceptors (Lipinski definition) is 6. The number of likely N-dealkylation sites (N-methyl/N-ethyl adjacent to an activating group) is 1. The highest BCUT2D eigenvalue weighted by molar-refractivity contribution is 5.91. The number of nitro groups is 1. The monoisotopic (exact) mass is 360 g/mol. The van der Waals surface area contributed by atoms with Crippen molar-refractivity contribution in [2.75, 3.05) is 13.6 Å². The molecule has 1 atom stereocenters. The summed E-state index contributed by atoms with van der Waals surface area (Å²) in [6.45, 7) is 2.54. The second-order valence-corrected chi connectivity index (χ2v) is 6.22. The highest BCUT2D eigenvalue weighted by atomic mass is 16.6. The summed E-state index contributed by atoms with van der Waals surface area (Å²) in [7, 11) is 1.68. The number of benzene rings is 1. The Morgan fingerprint density at radius 1 is 1.38 bits per heavy atom. The van der Waals surface area contributed by atoms with E-state index in [4.69, 9.17) is 10.2 Å². The van der Waals surface area contributed by atoms with Gasteiger partial charge in [-0.2, -0.15) is 0 Å². The first-order valence-electron chi connectivity index (χ1n) is 8.62. The fraction of sp³-hybridized carbons (Fsp3) is 0.444. The molecule has 1 amide bonds. The SMILES string of the molecule is CCCCC(N)c1nc(C(=O)N(C)CCc2ccc([N+](=O)[O-])cc2)co1. The first-order valence-corrected chi connectivity index (χ1v) is 8.62. The van der Waals surface area contributed by atoms with Crippen LogP contribution in [0, 0.1) is 10.1 Å². The van der Waals surface area contributed by atoms with Gasteiger partial charge in [-0.15, -0.1) is 0 Å². The highest BCUT2D eigenvalue weighted by Gasteiger charge is 2.19. The summed E-state index contributed by atoms with van der Waals surface area (Å²) in [6, 6.07) is 5.99. The number of aromatic nitrogens is 1. The maximum Gasteiger partial charge on any atom is 0.275 e. The summed E-state index contributed by atoms with van der Waals surface area (Å²) in [5.74, 6) is 0.134. The highest BCUT2D eigenvalue weighted by Crippen LogP contribution is 2.17. The van der Waals surface area contributed by atoms with Crippen molar-refractivity contribution in [2.24, 2.45) is 5.73 Å². The van der Waals surface area contributed by atoms with E-state index in [1.54, 1.807) is 24.1 Å². The quantitative estimate of drug-likeness (QED) is 0.542. The van der Waals surface area contributed by atoms with Crippen LogP contribution in [0.4, 0.5) is 5.69 Å². The minimum absolute atomic E-state index is 0.0488. The number of oxazole rings is 1. The molecule has 8 nitrogen and oxygen atoms in total. The van der Waals surface area contributed by atoms with Crippen LogP contribution in [-0.2, 0) is 6.42 Å². The number of amides is 1. The Morgan fingerprint density at radius 3 is 2.69 bits per heavy atom. The van der Waals surface area contributed by atoms with Crippen molar-refractivity contribution in [1.29, 1.82) is 0 Å². The molecule has 2 rings (SSSR count). The molecule has 2 N–H and O–H groups in total. The van der Waals surface area contributed by atoms with Crippen molar-refractivity contribution >= 4 is 11.6 Å². The van der Waals surface area contributed by atoms with Crippen LogP contribution in [0.2, 0.25) is 0 Å². The predicted molar refractivity (Wildman–Crippen MR) is 96.7 cm³/mol. The van der Waals surface area contributed by atoms with Crippen molar-refractivity contribution in [3.8, 4) is 0 Å². The van der Waals surface area contributed by atoms with E-state index in [9.17, 15) is 14.9 Å². The van der Waals surface area contributed by atoms with Gasteiger partial charge in [0, 0.05) is 25.7 Å². The van der Waals surface area contributed by atoms with E-state index in [0.717, 1.165) is 24.8 Å². The van der Waals surface area contributed by atoms with E-state index in [1.807, 2.05) is 0 Å². The first kappa shape index (κ1) is 19.6. The van der Waals surface area contributed by atoms with Gasteiger partial charge in [-0.25, -0.2) is 4.98 Å². The zero-order valence-electron chi connectivity index (χ0n) is 15.1. The number of nitro benzene ring substituents is 1. The van der Waals surface area contributed by atoms with Crippen molar-refractivity contribution in [1.82, 2.24) is 9.88 Å². The molecule has 140 valence electrons. The Bertz CT molecular complexity index is 742. The molecule has 1 aromatic heterocycles. The molecule has 2 aromatic rings. The van der Waals surface area contributed by atoms with Crippen molar-refractivity contribution in [2.45, 2.75) is 38.6 Å². The third-order valence-electron chi connectivity index (χ3n) is 4.16. The molecule has 0 radical (unpaired) electrons. The van der Waals surface area contributed by atoms with Gasteiger partial charge in [-0.05, 0) is 18.4 Å². The van der Waals surface area contributed by atoms with Crippen molar-refractivity contribution in [3.63, 3.8) is 0 Å². The number of rotatable bonds is 9. The Balaban J connectivity index is 1.91. The van der Waals surface area contributed by atoms with Gasteiger partial charge in [0.05, 0.1) is 11.0 Å². The largest absolute Gasteiger partial charge is 0.446 e. The lowest BCUT2D eigenvalue weighted by Gasteiger charge is -2.15. The van der Waals surface area contributed by atoms with E-state index >= 15 is 0 Å². The Kier molecular flexibility index (Phi) is 6.85. The summed E-state index contributed by atoms with van der Waals surface area (Å²) < 4.78 is 5.35. The zero-order chi connectivity index (χ0) is 19.1. The number of carbonyl (C=O) groups excluding carboxylic acids is 1. The van der Waals surface area contributed by atoms with Crippen LogP contribution in [0.5, 0.6) is 0 Å². The summed E-state index contributed by atoms with van der Waals surface area (Å²) in [5.41, 5.74) is 7.21. The second kappa shape index (κ2) is 9.10. The number of unbranched alkanes of at least 4 members (excludes halogenated alkanes) is 1. The lowest BCUT2D eigenvalue weighted by molar-refractivity contribution is -0.384. The third kappa shape index (κ3) is 5.13. The van der Waals surface area contributed by atoms with Crippen LogP contribution in [0.1, 0.15) is 54.2 Å². The van der Waals surface area contributed by atoms with Crippen LogP contribution in [0.3, 0.4) is 0 Å². The molecule has 8 heteroatoms. The Labute approximate surface area is 152 Å². The fourth-order valence-corrected chi connectivity index (χ4v) is 2.48. The summed E-state index contributed by atoms with van der Waals surface area (Å²) in [4.78, 5) is 28.4. The van der Waals surface area contributed by atoms with E-state index in [1.165, 1.54) is 18.4 Å². The van der Waals surface area contributed by atoms with Gasteiger partial charge in [-0.3, -0.25) is 14.9 Å². The van der Waals surface area contributed by atoms with Crippen LogP contribution in [0.25, 0.3) is 0 Å². The number of non-ortho nitro benzene ring substituents is 1. The summed E-state index contributed by atoms with van der Waals surface area (Å²) in [5, 5.41) is 10.7. The van der Waals surface area contributed by atoms with E-state index in [2.05, 4.69) is 11.9 Å². The Hall–Kier alpha value is -2.74.